The minimum atomic E-state index is -0.702. The van der Waals surface area contributed by atoms with E-state index in [1.165, 1.54) is 49.4 Å². The van der Waals surface area contributed by atoms with Gasteiger partial charge in [-0.2, -0.15) is 0 Å². The zero-order valence-corrected chi connectivity index (χ0v) is 17.4. The van der Waals surface area contributed by atoms with Crippen LogP contribution in [0.1, 0.15) is 38.0 Å². The summed E-state index contributed by atoms with van der Waals surface area (Å²) in [6.07, 6.45) is 0. The van der Waals surface area contributed by atoms with E-state index in [9.17, 15) is 23.6 Å². The van der Waals surface area contributed by atoms with Gasteiger partial charge in [-0.15, -0.1) is 0 Å². The van der Waals surface area contributed by atoms with Crippen LogP contribution in [0.2, 0.25) is 5.02 Å². The highest BCUT2D eigenvalue weighted by molar-refractivity contribution is 6.35. The lowest BCUT2D eigenvalue weighted by Crippen LogP contribution is -2.29. The van der Waals surface area contributed by atoms with Gasteiger partial charge < -0.3 is 10.6 Å². The van der Waals surface area contributed by atoms with Crippen molar-refractivity contribution in [3.05, 3.63) is 88.2 Å². The van der Waals surface area contributed by atoms with E-state index in [1.54, 1.807) is 12.1 Å². The monoisotopic (exact) mass is 451 g/mol. The van der Waals surface area contributed by atoms with Gasteiger partial charge in [0.15, 0.2) is 0 Å². The normalized spacial score (nSPS) is 12.5. The zero-order chi connectivity index (χ0) is 23.0. The Labute approximate surface area is 186 Å². The van der Waals surface area contributed by atoms with Crippen molar-refractivity contribution in [3.63, 3.8) is 0 Å². The van der Waals surface area contributed by atoms with E-state index in [-0.39, 0.29) is 33.3 Å². The van der Waals surface area contributed by atoms with E-state index in [2.05, 4.69) is 10.6 Å². The molecule has 3 aromatic rings. The van der Waals surface area contributed by atoms with E-state index >= 15 is 0 Å². The fraction of sp³-hybridized carbons (Fsp3) is 0.0435. The van der Waals surface area contributed by atoms with E-state index in [0.29, 0.717) is 11.4 Å². The maximum absolute atomic E-state index is 14.0. The predicted octanol–water partition coefficient (Wildman–Crippen LogP) is 4.49. The molecule has 1 aliphatic rings. The van der Waals surface area contributed by atoms with Gasteiger partial charge in [-0.05, 0) is 60.7 Å². The number of carbonyl (C=O) groups excluding carboxylic acids is 4. The van der Waals surface area contributed by atoms with E-state index in [0.717, 1.165) is 11.0 Å². The summed E-state index contributed by atoms with van der Waals surface area (Å²) in [4.78, 5) is 50.4. The molecule has 3 aromatic carbocycles. The smallest absolute Gasteiger partial charge is 0.266 e. The topological polar surface area (TPSA) is 95.6 Å². The number of nitrogens with one attached hydrogen (secondary N) is 2. The van der Waals surface area contributed by atoms with Crippen molar-refractivity contribution in [1.29, 1.82) is 0 Å². The number of hydrogen-bond donors (Lipinski definition) is 2. The van der Waals surface area contributed by atoms with Gasteiger partial charge in [-0.1, -0.05) is 11.6 Å². The second-order valence-electron chi connectivity index (χ2n) is 7.01. The summed E-state index contributed by atoms with van der Waals surface area (Å²) in [5.41, 5.74) is 1.07. The van der Waals surface area contributed by atoms with Crippen LogP contribution < -0.4 is 15.5 Å². The number of hydrogen-bond acceptors (Lipinski definition) is 4. The first-order valence-electron chi connectivity index (χ1n) is 9.41. The van der Waals surface area contributed by atoms with Gasteiger partial charge in [0.1, 0.15) is 5.82 Å². The number of imide groups is 1. The van der Waals surface area contributed by atoms with Gasteiger partial charge in [0.25, 0.3) is 17.7 Å². The highest BCUT2D eigenvalue weighted by Crippen LogP contribution is 2.30. The Morgan fingerprint density at radius 1 is 0.875 bits per heavy atom. The number of amides is 4. The van der Waals surface area contributed by atoms with Crippen molar-refractivity contribution >= 4 is 52.3 Å². The minimum Gasteiger partial charge on any atom is -0.326 e. The molecule has 0 bridgehead atoms. The lowest BCUT2D eigenvalue weighted by atomic mass is 10.1. The lowest BCUT2D eigenvalue weighted by molar-refractivity contribution is -0.114. The molecule has 0 radical (unpaired) electrons. The number of rotatable bonds is 4. The van der Waals surface area contributed by atoms with Crippen LogP contribution in [0.3, 0.4) is 0 Å². The SMILES string of the molecule is CC(=O)Nc1ccc(N2C(=O)c3ccc(C(=O)Nc4ccc(Cl)cc4F)cc3C2=O)cc1. The molecular weight excluding hydrogens is 437 g/mol. The molecule has 4 amide bonds. The molecule has 0 aromatic heterocycles. The van der Waals surface area contributed by atoms with Crippen molar-refractivity contribution in [2.75, 3.05) is 15.5 Å². The number of carbonyl (C=O) groups is 4. The third-order valence-electron chi connectivity index (χ3n) is 4.77. The van der Waals surface area contributed by atoms with Crippen LogP contribution in [0, 0.1) is 5.82 Å². The molecule has 1 heterocycles. The van der Waals surface area contributed by atoms with Gasteiger partial charge in [-0.25, -0.2) is 9.29 Å². The van der Waals surface area contributed by atoms with Crippen LogP contribution in [-0.2, 0) is 4.79 Å². The Hall–Kier alpha value is -4.04. The van der Waals surface area contributed by atoms with Crippen LogP contribution in [0.4, 0.5) is 21.5 Å². The molecule has 0 unspecified atom stereocenters. The summed E-state index contributed by atoms with van der Waals surface area (Å²) >= 11 is 5.71. The Morgan fingerprint density at radius 3 is 2.22 bits per heavy atom. The van der Waals surface area contributed by atoms with Gasteiger partial charge in [-0.3, -0.25) is 19.2 Å². The molecule has 0 spiro atoms. The van der Waals surface area contributed by atoms with Gasteiger partial charge in [0.2, 0.25) is 5.91 Å². The lowest BCUT2D eigenvalue weighted by Gasteiger charge is -2.14. The third-order valence-corrected chi connectivity index (χ3v) is 5.01. The quantitative estimate of drug-likeness (QED) is 0.571. The number of nitrogens with zero attached hydrogens (tertiary/aromatic N) is 1. The van der Waals surface area contributed by atoms with Crippen LogP contribution in [0.25, 0.3) is 0 Å². The molecule has 9 heteroatoms. The molecule has 7 nitrogen and oxygen atoms in total. The van der Waals surface area contributed by atoms with Crippen molar-refractivity contribution in [2.45, 2.75) is 6.92 Å². The van der Waals surface area contributed by atoms with Crippen molar-refractivity contribution < 1.29 is 23.6 Å². The molecule has 0 saturated heterocycles. The van der Waals surface area contributed by atoms with Crippen molar-refractivity contribution in [1.82, 2.24) is 0 Å². The Morgan fingerprint density at radius 2 is 1.56 bits per heavy atom. The molecule has 0 aliphatic carbocycles. The summed E-state index contributed by atoms with van der Waals surface area (Å²) in [6.45, 7) is 1.37. The summed E-state index contributed by atoms with van der Waals surface area (Å²) in [7, 11) is 0. The molecule has 160 valence electrons. The van der Waals surface area contributed by atoms with E-state index < -0.39 is 23.5 Å². The van der Waals surface area contributed by atoms with Crippen LogP contribution in [-0.4, -0.2) is 23.6 Å². The maximum Gasteiger partial charge on any atom is 0.266 e. The Balaban J connectivity index is 1.58. The highest BCUT2D eigenvalue weighted by atomic mass is 35.5. The number of anilines is 3. The molecular formula is C23H15ClFN3O4. The predicted molar refractivity (Wildman–Crippen MR) is 118 cm³/mol. The molecule has 2 N–H and O–H groups in total. The Kier molecular flexibility index (Phi) is 5.46. The first-order valence-corrected chi connectivity index (χ1v) is 9.79. The summed E-state index contributed by atoms with van der Waals surface area (Å²) in [5, 5.41) is 5.21. The number of benzene rings is 3. The highest BCUT2D eigenvalue weighted by Gasteiger charge is 2.37. The largest absolute Gasteiger partial charge is 0.326 e. The standard InChI is InChI=1S/C23H15ClFN3O4/c1-12(29)26-15-4-6-16(7-5-15)28-22(31)17-8-2-13(10-18(17)23(28)32)21(30)27-20-9-3-14(24)11-19(20)25/h2-11H,1H3,(H,26,29)(H,27,30). The van der Waals surface area contributed by atoms with E-state index in [4.69, 9.17) is 11.6 Å². The van der Waals surface area contributed by atoms with Crippen LogP contribution in [0.5, 0.6) is 0 Å². The Bertz CT molecular complexity index is 1290. The maximum atomic E-state index is 14.0. The summed E-state index contributed by atoms with van der Waals surface area (Å²) in [5.74, 6) is -2.72. The number of halogens is 2. The fourth-order valence-corrected chi connectivity index (χ4v) is 3.46. The van der Waals surface area contributed by atoms with Gasteiger partial charge in [0.05, 0.1) is 22.5 Å². The average molecular weight is 452 g/mol. The third kappa shape index (κ3) is 3.95. The minimum absolute atomic E-state index is 0.0603. The second kappa shape index (κ2) is 8.24. The molecule has 1 aliphatic heterocycles. The second-order valence-corrected chi connectivity index (χ2v) is 7.45. The van der Waals surface area contributed by atoms with Gasteiger partial charge >= 0.3 is 0 Å². The zero-order valence-electron chi connectivity index (χ0n) is 16.6. The van der Waals surface area contributed by atoms with Crippen molar-refractivity contribution in [2.24, 2.45) is 0 Å². The van der Waals surface area contributed by atoms with Crippen molar-refractivity contribution in [3.8, 4) is 0 Å². The molecule has 0 saturated carbocycles. The van der Waals surface area contributed by atoms with Crippen LogP contribution >= 0.6 is 11.6 Å². The van der Waals surface area contributed by atoms with Gasteiger partial charge in [0, 0.05) is 23.2 Å². The molecule has 4 rings (SSSR count). The first kappa shape index (κ1) is 21.2. The summed E-state index contributed by atoms with van der Waals surface area (Å²) in [6, 6.07) is 14.1. The summed E-state index contributed by atoms with van der Waals surface area (Å²) < 4.78 is 14.0. The average Bonchev–Trinajstić information content (AvgIpc) is 3.00. The molecule has 0 fully saturated rings. The molecule has 32 heavy (non-hydrogen) atoms. The number of fused-ring (bicyclic) bond motifs is 1. The first-order chi connectivity index (χ1) is 15.2. The fourth-order valence-electron chi connectivity index (χ4n) is 3.30. The van der Waals surface area contributed by atoms with Crippen LogP contribution in [0.15, 0.2) is 60.7 Å². The molecule has 0 atom stereocenters. The van der Waals surface area contributed by atoms with E-state index in [1.807, 2.05) is 0 Å².